The maximum Gasteiger partial charge on any atom is 0.309 e. The summed E-state index contributed by atoms with van der Waals surface area (Å²) in [6, 6.07) is 0.0513. The van der Waals surface area contributed by atoms with Crippen LogP contribution in [0.15, 0.2) is 4.52 Å². The van der Waals surface area contributed by atoms with Crippen molar-refractivity contribution in [3.05, 3.63) is 11.7 Å². The Bertz CT molecular complexity index is 365. The third-order valence-corrected chi connectivity index (χ3v) is 2.71. The van der Waals surface area contributed by atoms with Crippen LogP contribution in [0.5, 0.6) is 0 Å². The molecule has 0 aliphatic heterocycles. The Morgan fingerprint density at radius 2 is 2.24 bits per heavy atom. The minimum absolute atomic E-state index is 0.0513. The van der Waals surface area contributed by atoms with Crippen LogP contribution in [0.2, 0.25) is 0 Å². The van der Waals surface area contributed by atoms with Crippen LogP contribution >= 0.6 is 0 Å². The molecule has 0 saturated heterocycles. The Hall–Kier alpha value is -1.43. The Labute approximate surface area is 101 Å². The molecule has 6 heteroatoms. The lowest BCUT2D eigenvalue weighted by atomic mass is 10.0. The van der Waals surface area contributed by atoms with Crippen LogP contribution in [0, 0.1) is 12.8 Å². The van der Waals surface area contributed by atoms with Crippen molar-refractivity contribution in [2.45, 2.75) is 33.2 Å². The van der Waals surface area contributed by atoms with E-state index in [1.807, 2.05) is 13.8 Å². The van der Waals surface area contributed by atoms with Gasteiger partial charge in [-0.15, -0.1) is 0 Å². The second-order valence-corrected chi connectivity index (χ2v) is 4.03. The standard InChI is InChI=1S/C11H19N3O3/c1-7(11(15)16-4)8(2)12-6-5-10-13-9(3)17-14-10/h7-8,12H,5-6H2,1-4H3. The van der Waals surface area contributed by atoms with Crippen molar-refractivity contribution in [2.75, 3.05) is 13.7 Å². The van der Waals surface area contributed by atoms with Gasteiger partial charge in [0.25, 0.3) is 0 Å². The summed E-state index contributed by atoms with van der Waals surface area (Å²) in [4.78, 5) is 15.4. The third kappa shape index (κ3) is 4.14. The number of rotatable bonds is 6. The van der Waals surface area contributed by atoms with Crippen molar-refractivity contribution in [1.82, 2.24) is 15.5 Å². The molecule has 0 bridgehead atoms. The van der Waals surface area contributed by atoms with E-state index in [0.717, 1.165) is 0 Å². The van der Waals surface area contributed by atoms with Gasteiger partial charge in [-0.25, -0.2) is 0 Å². The maximum absolute atomic E-state index is 11.3. The van der Waals surface area contributed by atoms with Crippen molar-refractivity contribution < 1.29 is 14.1 Å². The minimum atomic E-state index is -0.208. The van der Waals surface area contributed by atoms with Gasteiger partial charge in [0.1, 0.15) is 0 Å². The molecule has 0 radical (unpaired) electrons. The summed E-state index contributed by atoms with van der Waals surface area (Å²) in [7, 11) is 1.40. The minimum Gasteiger partial charge on any atom is -0.469 e. The smallest absolute Gasteiger partial charge is 0.309 e. The lowest BCUT2D eigenvalue weighted by molar-refractivity contribution is -0.145. The lowest BCUT2D eigenvalue weighted by Crippen LogP contribution is -2.37. The summed E-state index contributed by atoms with van der Waals surface area (Å²) in [5.74, 6) is 0.858. The zero-order valence-electron chi connectivity index (χ0n) is 10.7. The molecule has 2 unspecified atom stereocenters. The van der Waals surface area contributed by atoms with Crippen molar-refractivity contribution in [3.63, 3.8) is 0 Å². The molecule has 1 aromatic heterocycles. The monoisotopic (exact) mass is 241 g/mol. The van der Waals surface area contributed by atoms with E-state index in [4.69, 9.17) is 4.52 Å². The van der Waals surface area contributed by atoms with E-state index in [0.29, 0.717) is 24.7 Å². The third-order valence-electron chi connectivity index (χ3n) is 2.71. The predicted octanol–water partition coefficient (Wildman–Crippen LogP) is 0.708. The van der Waals surface area contributed by atoms with Crippen LogP contribution in [0.4, 0.5) is 0 Å². The highest BCUT2D eigenvalue weighted by molar-refractivity contribution is 5.72. The number of aromatic nitrogens is 2. The molecule has 1 N–H and O–H groups in total. The number of esters is 1. The topological polar surface area (TPSA) is 77.2 Å². The first-order valence-corrected chi connectivity index (χ1v) is 5.65. The molecule has 0 spiro atoms. The summed E-state index contributed by atoms with van der Waals surface area (Å²) < 4.78 is 9.54. The molecular weight excluding hydrogens is 222 g/mol. The van der Waals surface area contributed by atoms with E-state index in [1.54, 1.807) is 6.92 Å². The fourth-order valence-corrected chi connectivity index (χ4v) is 1.42. The zero-order valence-corrected chi connectivity index (χ0v) is 10.7. The van der Waals surface area contributed by atoms with Gasteiger partial charge in [-0.3, -0.25) is 4.79 Å². The molecule has 1 aromatic rings. The molecule has 1 rings (SSSR count). The number of carbonyl (C=O) groups is 1. The number of nitrogens with zero attached hydrogens (tertiary/aromatic N) is 2. The van der Waals surface area contributed by atoms with Crippen LogP contribution in [0.1, 0.15) is 25.6 Å². The van der Waals surface area contributed by atoms with Gasteiger partial charge in [0, 0.05) is 25.9 Å². The van der Waals surface area contributed by atoms with Gasteiger partial charge >= 0.3 is 5.97 Å². The van der Waals surface area contributed by atoms with E-state index in [2.05, 4.69) is 20.2 Å². The van der Waals surface area contributed by atoms with E-state index in [-0.39, 0.29) is 17.9 Å². The van der Waals surface area contributed by atoms with E-state index in [1.165, 1.54) is 7.11 Å². The van der Waals surface area contributed by atoms with Crippen LogP contribution in [0.25, 0.3) is 0 Å². The molecule has 2 atom stereocenters. The molecular formula is C11H19N3O3. The predicted molar refractivity (Wildman–Crippen MR) is 61.4 cm³/mol. The summed E-state index contributed by atoms with van der Waals surface area (Å²) in [6.45, 7) is 6.23. The molecule has 96 valence electrons. The van der Waals surface area contributed by atoms with Crippen LogP contribution in [-0.4, -0.2) is 35.8 Å². The van der Waals surface area contributed by atoms with Crippen molar-refractivity contribution in [1.29, 1.82) is 0 Å². The first-order chi connectivity index (χ1) is 8.04. The molecule has 6 nitrogen and oxygen atoms in total. The van der Waals surface area contributed by atoms with Gasteiger partial charge in [0.2, 0.25) is 5.89 Å². The van der Waals surface area contributed by atoms with E-state index < -0.39 is 0 Å². The Morgan fingerprint density at radius 3 is 2.76 bits per heavy atom. The van der Waals surface area contributed by atoms with Gasteiger partial charge in [-0.05, 0) is 6.92 Å². The largest absolute Gasteiger partial charge is 0.469 e. The van der Waals surface area contributed by atoms with Gasteiger partial charge in [0.15, 0.2) is 5.82 Å². The van der Waals surface area contributed by atoms with Crippen LogP contribution in [-0.2, 0) is 16.0 Å². The average Bonchev–Trinajstić information content (AvgIpc) is 2.72. The van der Waals surface area contributed by atoms with Gasteiger partial charge in [-0.1, -0.05) is 12.1 Å². The molecule has 0 aromatic carbocycles. The number of carbonyl (C=O) groups excluding carboxylic acids is 1. The molecule has 0 saturated carbocycles. The van der Waals surface area contributed by atoms with E-state index in [9.17, 15) is 4.79 Å². The molecule has 0 aliphatic rings. The normalized spacial score (nSPS) is 14.4. The number of hydrogen-bond donors (Lipinski definition) is 1. The highest BCUT2D eigenvalue weighted by Crippen LogP contribution is 2.04. The van der Waals surface area contributed by atoms with Crippen molar-refractivity contribution in [2.24, 2.45) is 5.92 Å². The second kappa shape index (κ2) is 6.34. The fraction of sp³-hybridized carbons (Fsp3) is 0.727. The number of methoxy groups -OCH3 is 1. The number of nitrogens with one attached hydrogen (secondary N) is 1. The second-order valence-electron chi connectivity index (χ2n) is 4.03. The summed E-state index contributed by atoms with van der Waals surface area (Å²) in [6.07, 6.45) is 0.676. The molecule has 0 amide bonds. The molecule has 0 fully saturated rings. The fourth-order valence-electron chi connectivity index (χ4n) is 1.42. The first kappa shape index (κ1) is 13.6. The van der Waals surface area contributed by atoms with E-state index >= 15 is 0 Å². The summed E-state index contributed by atoms with van der Waals surface area (Å²) in [5.41, 5.74) is 0. The number of hydrogen-bond acceptors (Lipinski definition) is 6. The van der Waals surface area contributed by atoms with Crippen molar-refractivity contribution in [3.8, 4) is 0 Å². The molecule has 1 heterocycles. The number of ether oxygens (including phenoxy) is 1. The molecule has 17 heavy (non-hydrogen) atoms. The highest BCUT2D eigenvalue weighted by Gasteiger charge is 2.20. The lowest BCUT2D eigenvalue weighted by Gasteiger charge is -2.18. The van der Waals surface area contributed by atoms with Crippen molar-refractivity contribution >= 4 is 5.97 Å². The Morgan fingerprint density at radius 1 is 1.53 bits per heavy atom. The van der Waals surface area contributed by atoms with Gasteiger partial charge in [0.05, 0.1) is 13.0 Å². The number of aryl methyl sites for hydroxylation is 1. The molecule has 0 aliphatic carbocycles. The average molecular weight is 241 g/mol. The summed E-state index contributed by atoms with van der Waals surface area (Å²) in [5, 5.41) is 7.02. The zero-order chi connectivity index (χ0) is 12.8. The van der Waals surface area contributed by atoms with Gasteiger partial charge < -0.3 is 14.6 Å². The van der Waals surface area contributed by atoms with Crippen LogP contribution in [0.3, 0.4) is 0 Å². The quantitative estimate of drug-likeness (QED) is 0.739. The maximum atomic E-state index is 11.3. The Balaban J connectivity index is 2.28. The Kier molecular flexibility index (Phi) is 5.09. The highest BCUT2D eigenvalue weighted by atomic mass is 16.5. The summed E-state index contributed by atoms with van der Waals surface area (Å²) >= 11 is 0. The SMILES string of the molecule is COC(=O)C(C)C(C)NCCc1noc(C)n1. The first-order valence-electron chi connectivity index (χ1n) is 5.65. The van der Waals surface area contributed by atoms with Gasteiger partial charge in [-0.2, -0.15) is 4.98 Å². The van der Waals surface area contributed by atoms with Crippen LogP contribution < -0.4 is 5.32 Å².